The molecule has 0 radical (unpaired) electrons. The van der Waals surface area contributed by atoms with Crippen molar-refractivity contribution in [2.45, 2.75) is 31.1 Å². The van der Waals surface area contributed by atoms with E-state index in [-0.39, 0.29) is 5.92 Å². The van der Waals surface area contributed by atoms with Crippen molar-refractivity contribution in [1.82, 2.24) is 15.0 Å². The van der Waals surface area contributed by atoms with Gasteiger partial charge in [-0.25, -0.2) is 15.0 Å². The van der Waals surface area contributed by atoms with Crippen LogP contribution in [0.1, 0.15) is 51.0 Å². The first-order valence-electron chi connectivity index (χ1n) is 22.3. The second kappa shape index (κ2) is 15.1. The Kier molecular flexibility index (Phi) is 8.73. The predicted molar refractivity (Wildman–Crippen MR) is 268 cm³/mol. The van der Waals surface area contributed by atoms with Crippen LogP contribution in [0.2, 0.25) is 0 Å². The van der Waals surface area contributed by atoms with Crippen LogP contribution in [-0.2, 0) is 12.8 Å². The molecule has 2 heterocycles. The number of benzene rings is 8. The van der Waals surface area contributed by atoms with Gasteiger partial charge in [0.05, 0.1) is 0 Å². The van der Waals surface area contributed by atoms with E-state index >= 15 is 0 Å². The fraction of sp³-hybridized carbons (Fsp3) is 0.0833. The van der Waals surface area contributed by atoms with Gasteiger partial charge in [0.15, 0.2) is 17.5 Å². The highest BCUT2D eigenvalue weighted by atomic mass is 32.1. The van der Waals surface area contributed by atoms with Crippen LogP contribution in [0, 0.1) is 0 Å². The molecule has 3 aliphatic rings. The predicted octanol–water partition coefficient (Wildman–Crippen LogP) is 15.6. The fourth-order valence-corrected chi connectivity index (χ4v) is 11.9. The van der Waals surface area contributed by atoms with Gasteiger partial charge in [0.25, 0.3) is 0 Å². The summed E-state index contributed by atoms with van der Waals surface area (Å²) in [7, 11) is 0. The Morgan fingerprint density at radius 1 is 0.453 bits per heavy atom. The fourth-order valence-electron chi connectivity index (χ4n) is 10.7. The molecular weight excluding hydrogens is 795 g/mol. The van der Waals surface area contributed by atoms with Gasteiger partial charge in [0.1, 0.15) is 0 Å². The molecule has 3 aliphatic carbocycles. The Balaban J connectivity index is 0.897. The smallest absolute Gasteiger partial charge is 0.164 e. The number of thiophene rings is 1. The molecule has 3 nitrogen and oxygen atoms in total. The Bertz CT molecular complexity index is 3590. The summed E-state index contributed by atoms with van der Waals surface area (Å²) >= 11 is 1.91. The van der Waals surface area contributed by atoms with Crippen molar-refractivity contribution in [3.05, 3.63) is 227 Å². The maximum absolute atomic E-state index is 5.16. The molecule has 64 heavy (non-hydrogen) atoms. The van der Waals surface area contributed by atoms with E-state index in [0.29, 0.717) is 23.4 Å². The van der Waals surface area contributed by atoms with Crippen LogP contribution in [0.25, 0.3) is 94.1 Å². The van der Waals surface area contributed by atoms with Crippen molar-refractivity contribution in [3.63, 3.8) is 0 Å². The minimum absolute atomic E-state index is 0.238. The van der Waals surface area contributed by atoms with Crippen LogP contribution in [0.15, 0.2) is 194 Å². The summed E-state index contributed by atoms with van der Waals surface area (Å²) in [6.45, 7) is 0. The summed E-state index contributed by atoms with van der Waals surface area (Å²) in [5.41, 5.74) is 15.0. The summed E-state index contributed by atoms with van der Waals surface area (Å²) in [6, 6.07) is 59.4. The molecule has 0 fully saturated rings. The van der Waals surface area contributed by atoms with Crippen LogP contribution < -0.4 is 0 Å². The molecule has 0 bridgehead atoms. The zero-order chi connectivity index (χ0) is 42.1. The highest BCUT2D eigenvalue weighted by molar-refractivity contribution is 7.20. The molecule has 0 aliphatic heterocycles. The lowest BCUT2D eigenvalue weighted by atomic mass is 9.75. The lowest BCUT2D eigenvalue weighted by Crippen LogP contribution is -2.11. The first-order chi connectivity index (χ1) is 31.7. The van der Waals surface area contributed by atoms with Crippen molar-refractivity contribution >= 4 is 49.0 Å². The molecule has 0 amide bonds. The van der Waals surface area contributed by atoms with Gasteiger partial charge in [-0.15, -0.1) is 11.3 Å². The first kappa shape index (κ1) is 37.1. The summed E-state index contributed by atoms with van der Waals surface area (Å²) in [6.07, 6.45) is 17.0. The molecule has 8 aromatic carbocycles. The lowest BCUT2D eigenvalue weighted by molar-refractivity contribution is 0.791. The van der Waals surface area contributed by atoms with Gasteiger partial charge in [0, 0.05) is 43.5 Å². The second-order valence-corrected chi connectivity index (χ2v) is 18.4. The van der Waals surface area contributed by atoms with Gasteiger partial charge in [-0.3, -0.25) is 0 Å². The van der Waals surface area contributed by atoms with Crippen molar-refractivity contribution in [3.8, 4) is 56.4 Å². The molecule has 0 spiro atoms. The first-order valence-corrected chi connectivity index (χ1v) is 23.2. The third-order valence-electron chi connectivity index (χ3n) is 13.7. The van der Waals surface area contributed by atoms with Crippen LogP contribution in [-0.4, -0.2) is 15.0 Å². The number of aromatic nitrogens is 3. The normalized spacial score (nSPS) is 16.1. The minimum Gasteiger partial charge on any atom is -0.208 e. The molecule has 10 aromatic rings. The molecule has 0 saturated heterocycles. The van der Waals surface area contributed by atoms with E-state index < -0.39 is 0 Å². The van der Waals surface area contributed by atoms with Crippen LogP contribution in [0.5, 0.6) is 0 Å². The third kappa shape index (κ3) is 6.12. The monoisotopic (exact) mass is 835 g/mol. The Morgan fingerprint density at radius 3 is 1.81 bits per heavy atom. The molecule has 4 heteroatoms. The molecular formula is C60H41N3S. The van der Waals surface area contributed by atoms with Crippen LogP contribution >= 0.6 is 11.3 Å². The van der Waals surface area contributed by atoms with Crippen molar-refractivity contribution in [2.24, 2.45) is 0 Å². The average Bonchev–Trinajstić information content (AvgIpc) is 3.94. The number of rotatable bonds is 6. The zero-order valence-electron chi connectivity index (χ0n) is 35.1. The van der Waals surface area contributed by atoms with E-state index in [0.717, 1.165) is 36.0 Å². The van der Waals surface area contributed by atoms with Crippen molar-refractivity contribution in [2.75, 3.05) is 0 Å². The summed E-state index contributed by atoms with van der Waals surface area (Å²) < 4.78 is 1.33. The highest BCUT2D eigenvalue weighted by Crippen LogP contribution is 2.49. The Hall–Kier alpha value is -7.53. The standard InChI is InChI=1S/C60H41N3S/c1-3-14-38(15-4-1)55-49-22-11-9-20-47(49)48-21-10-12-23-50(48)56(55)43-32-33-53-52(35-43)57-46(24-13-25-54(57)64-53)37-26-28-40(29-27-37)59-61-58(39-16-5-2-6-17-39)62-60(63-59)44-31-30-42-34-41-18-7-8-19-45(41)51(42)36-44/h1-14,16-33,36,38,43H,15,34-35H2. The van der Waals surface area contributed by atoms with Crippen LogP contribution in [0.4, 0.5) is 0 Å². The van der Waals surface area contributed by atoms with Gasteiger partial charge >= 0.3 is 0 Å². The van der Waals surface area contributed by atoms with Crippen molar-refractivity contribution < 1.29 is 0 Å². The number of nitrogens with zero attached hydrogens (tertiary/aromatic N) is 3. The summed E-state index contributed by atoms with van der Waals surface area (Å²) in [5.74, 6) is 2.57. The van der Waals surface area contributed by atoms with E-state index in [2.05, 4.69) is 182 Å². The third-order valence-corrected chi connectivity index (χ3v) is 14.8. The van der Waals surface area contributed by atoms with Gasteiger partial charge in [-0.05, 0) is 109 Å². The highest BCUT2D eigenvalue weighted by Gasteiger charge is 2.29. The number of hydrogen-bond donors (Lipinski definition) is 0. The van der Waals surface area contributed by atoms with Gasteiger partial charge in [0.2, 0.25) is 0 Å². The molecule has 2 unspecified atom stereocenters. The molecule has 0 N–H and O–H groups in total. The van der Waals surface area contributed by atoms with E-state index in [4.69, 9.17) is 15.0 Å². The second-order valence-electron chi connectivity index (χ2n) is 17.3. The average molecular weight is 836 g/mol. The van der Waals surface area contributed by atoms with E-state index in [1.54, 1.807) is 0 Å². The van der Waals surface area contributed by atoms with E-state index in [1.807, 2.05) is 29.5 Å². The largest absolute Gasteiger partial charge is 0.208 e. The maximum atomic E-state index is 5.16. The van der Waals surface area contributed by atoms with E-state index in [1.165, 1.54) is 86.6 Å². The lowest BCUT2D eigenvalue weighted by Gasteiger charge is -2.28. The minimum atomic E-state index is 0.238. The topological polar surface area (TPSA) is 38.7 Å². The summed E-state index contributed by atoms with van der Waals surface area (Å²) in [5, 5.41) is 6.78. The van der Waals surface area contributed by atoms with Gasteiger partial charge in [-0.2, -0.15) is 0 Å². The SMILES string of the molecule is C1=CCC(c2c(C3C=Cc4sc5cccc(-c6ccc(-c7nc(-c8ccccc8)nc(-c8ccc9c(c8)-c8ccccc8C9)n7)cc6)c5c4C3)c3ccccc3c3ccccc23)C=C1. The molecule has 302 valence electrons. The Labute approximate surface area is 376 Å². The zero-order valence-corrected chi connectivity index (χ0v) is 35.9. The van der Waals surface area contributed by atoms with Crippen molar-refractivity contribution in [1.29, 1.82) is 0 Å². The summed E-state index contributed by atoms with van der Waals surface area (Å²) in [4.78, 5) is 16.7. The van der Waals surface area contributed by atoms with Gasteiger partial charge < -0.3 is 0 Å². The number of fused-ring (bicyclic) bond motifs is 9. The molecule has 13 rings (SSSR count). The molecule has 2 aromatic heterocycles. The quantitative estimate of drug-likeness (QED) is 0.157. The molecule has 2 atom stereocenters. The van der Waals surface area contributed by atoms with Gasteiger partial charge in [-0.1, -0.05) is 182 Å². The number of allylic oxidation sites excluding steroid dienone is 5. The Morgan fingerprint density at radius 2 is 1.06 bits per heavy atom. The molecule has 0 saturated carbocycles. The number of hydrogen-bond acceptors (Lipinski definition) is 4. The van der Waals surface area contributed by atoms with Crippen LogP contribution in [0.3, 0.4) is 0 Å². The van der Waals surface area contributed by atoms with E-state index in [9.17, 15) is 0 Å². The maximum Gasteiger partial charge on any atom is 0.164 e.